The van der Waals surface area contributed by atoms with Crippen LogP contribution in [0.3, 0.4) is 0 Å². The van der Waals surface area contributed by atoms with Crippen LogP contribution in [0.25, 0.3) is 11.4 Å². The predicted molar refractivity (Wildman–Crippen MR) is 80.6 cm³/mol. The third-order valence-corrected chi connectivity index (χ3v) is 3.32. The molecule has 0 atom stereocenters. The normalized spacial score (nSPS) is 11.2. The maximum absolute atomic E-state index is 5.39. The van der Waals surface area contributed by atoms with E-state index in [4.69, 9.17) is 4.52 Å². The highest BCUT2D eigenvalue weighted by Crippen LogP contribution is 2.17. The minimum atomic E-state index is 0.649. The van der Waals surface area contributed by atoms with Gasteiger partial charge in [-0.2, -0.15) is 5.10 Å². The van der Waals surface area contributed by atoms with Crippen molar-refractivity contribution in [2.24, 2.45) is 0 Å². The Morgan fingerprint density at radius 1 is 1.18 bits per heavy atom. The average molecular weight is 298 g/mol. The monoisotopic (exact) mass is 298 g/mol. The van der Waals surface area contributed by atoms with E-state index in [9.17, 15) is 0 Å². The maximum Gasteiger partial charge on any atom is 0.151 e. The lowest BCUT2D eigenvalue weighted by atomic mass is 10.2. The summed E-state index contributed by atoms with van der Waals surface area (Å²) in [6, 6.07) is 7.64. The molecule has 3 aromatic rings. The Morgan fingerprint density at radius 2 is 2.09 bits per heavy atom. The Bertz CT molecular complexity index is 720. The lowest BCUT2D eigenvalue weighted by Crippen LogP contribution is -2.20. The molecule has 0 aliphatic heterocycles. The summed E-state index contributed by atoms with van der Waals surface area (Å²) in [6.07, 6.45) is 3.33. The molecule has 7 heteroatoms. The molecule has 3 heterocycles. The van der Waals surface area contributed by atoms with E-state index in [1.54, 1.807) is 12.5 Å². The van der Waals surface area contributed by atoms with Gasteiger partial charge in [-0.3, -0.25) is 9.88 Å². The molecule has 0 saturated heterocycles. The molecule has 3 rings (SSSR count). The molecular weight excluding hydrogens is 280 g/mol. The number of aryl methyl sites for hydroxylation is 1. The van der Waals surface area contributed by atoms with Gasteiger partial charge in [-0.1, -0.05) is 11.2 Å². The Balaban J connectivity index is 1.65. The van der Waals surface area contributed by atoms with Crippen LogP contribution in [0.2, 0.25) is 0 Å². The quantitative estimate of drug-likeness (QED) is 0.693. The van der Waals surface area contributed by atoms with Gasteiger partial charge in [-0.15, -0.1) is 0 Å². The number of hydrogen-bond acceptors (Lipinski definition) is 6. The summed E-state index contributed by atoms with van der Waals surface area (Å²) in [7, 11) is 2.01. The lowest BCUT2D eigenvalue weighted by Gasteiger charge is -2.14. The van der Waals surface area contributed by atoms with Crippen molar-refractivity contribution in [1.29, 1.82) is 0 Å². The maximum atomic E-state index is 5.39. The Kier molecular flexibility index (Phi) is 4.24. The molecule has 0 aliphatic rings. The van der Waals surface area contributed by atoms with Crippen molar-refractivity contribution < 1.29 is 4.52 Å². The number of aromatic nitrogens is 5. The smallest absolute Gasteiger partial charge is 0.151 e. The van der Waals surface area contributed by atoms with E-state index in [1.165, 1.54) is 0 Å². The highest BCUT2D eigenvalue weighted by atomic mass is 16.5. The van der Waals surface area contributed by atoms with Crippen molar-refractivity contribution >= 4 is 0 Å². The number of hydrogen-bond donors (Lipinski definition) is 0. The van der Waals surface area contributed by atoms with Gasteiger partial charge in [-0.25, -0.2) is 9.67 Å². The third kappa shape index (κ3) is 3.20. The summed E-state index contributed by atoms with van der Waals surface area (Å²) in [5.41, 5.74) is 1.56. The van der Waals surface area contributed by atoms with E-state index < -0.39 is 0 Å². The first-order valence-corrected chi connectivity index (χ1v) is 7.18. The molecule has 114 valence electrons. The molecule has 0 fully saturated rings. The van der Waals surface area contributed by atoms with Crippen molar-refractivity contribution in [2.45, 2.75) is 26.6 Å². The largest absolute Gasteiger partial charge is 0.359 e. The van der Waals surface area contributed by atoms with Crippen LogP contribution in [0.5, 0.6) is 0 Å². The molecule has 0 N–H and O–H groups in total. The summed E-state index contributed by atoms with van der Waals surface area (Å²) < 4.78 is 7.28. The molecule has 0 amide bonds. The van der Waals surface area contributed by atoms with E-state index in [0.29, 0.717) is 13.1 Å². The SMILES string of the molecule is CCn1ncnc1CN(C)Cc1cc(-c2ccccn2)no1. The van der Waals surface area contributed by atoms with Crippen LogP contribution in [0.4, 0.5) is 0 Å². The lowest BCUT2D eigenvalue weighted by molar-refractivity contribution is 0.258. The van der Waals surface area contributed by atoms with E-state index in [0.717, 1.165) is 29.5 Å². The van der Waals surface area contributed by atoms with Gasteiger partial charge >= 0.3 is 0 Å². The van der Waals surface area contributed by atoms with Gasteiger partial charge in [0, 0.05) is 18.8 Å². The number of rotatable bonds is 6. The van der Waals surface area contributed by atoms with Gasteiger partial charge in [-0.05, 0) is 26.1 Å². The van der Waals surface area contributed by atoms with Gasteiger partial charge in [0.2, 0.25) is 0 Å². The molecule has 22 heavy (non-hydrogen) atoms. The summed E-state index contributed by atoms with van der Waals surface area (Å²) >= 11 is 0. The summed E-state index contributed by atoms with van der Waals surface area (Å²) in [5.74, 6) is 1.74. The zero-order chi connectivity index (χ0) is 15.4. The van der Waals surface area contributed by atoms with E-state index in [1.807, 2.05) is 42.9 Å². The van der Waals surface area contributed by atoms with Crippen molar-refractivity contribution in [3.8, 4) is 11.4 Å². The second kappa shape index (κ2) is 6.48. The van der Waals surface area contributed by atoms with E-state index >= 15 is 0 Å². The first-order valence-electron chi connectivity index (χ1n) is 7.18. The molecule has 3 aromatic heterocycles. The first-order chi connectivity index (χ1) is 10.8. The topological polar surface area (TPSA) is 72.9 Å². The molecule has 0 bridgehead atoms. The highest BCUT2D eigenvalue weighted by molar-refractivity contribution is 5.52. The Morgan fingerprint density at radius 3 is 2.86 bits per heavy atom. The molecule has 0 unspecified atom stereocenters. The van der Waals surface area contributed by atoms with Crippen LogP contribution < -0.4 is 0 Å². The fraction of sp³-hybridized carbons (Fsp3) is 0.333. The standard InChI is InChI=1S/C15H18N6O/c1-3-21-15(17-11-18-21)10-20(2)9-12-8-14(19-22-12)13-6-4-5-7-16-13/h4-8,11H,3,9-10H2,1-2H3. The van der Waals surface area contributed by atoms with Crippen LogP contribution in [-0.4, -0.2) is 36.9 Å². The number of nitrogens with zero attached hydrogens (tertiary/aromatic N) is 6. The van der Waals surface area contributed by atoms with Crippen LogP contribution in [0.1, 0.15) is 18.5 Å². The van der Waals surface area contributed by atoms with Crippen molar-refractivity contribution in [3.63, 3.8) is 0 Å². The van der Waals surface area contributed by atoms with Gasteiger partial charge in [0.05, 0.1) is 18.8 Å². The van der Waals surface area contributed by atoms with Gasteiger partial charge in [0.25, 0.3) is 0 Å². The zero-order valence-corrected chi connectivity index (χ0v) is 12.7. The summed E-state index contributed by atoms with van der Waals surface area (Å²) in [5, 5.41) is 8.25. The highest BCUT2D eigenvalue weighted by Gasteiger charge is 2.12. The van der Waals surface area contributed by atoms with Crippen molar-refractivity contribution in [1.82, 2.24) is 29.8 Å². The average Bonchev–Trinajstić information content (AvgIpc) is 3.17. The van der Waals surface area contributed by atoms with Gasteiger partial charge in [0.1, 0.15) is 17.8 Å². The minimum absolute atomic E-state index is 0.649. The van der Waals surface area contributed by atoms with Crippen LogP contribution in [0.15, 0.2) is 41.3 Å². The third-order valence-electron chi connectivity index (χ3n) is 3.32. The molecule has 0 spiro atoms. The molecule has 0 saturated carbocycles. The Labute approximate surface area is 128 Å². The molecule has 0 aromatic carbocycles. The zero-order valence-electron chi connectivity index (χ0n) is 12.7. The first kappa shape index (κ1) is 14.4. The fourth-order valence-corrected chi connectivity index (χ4v) is 2.26. The summed E-state index contributed by atoms with van der Waals surface area (Å²) in [4.78, 5) is 10.7. The van der Waals surface area contributed by atoms with Crippen LogP contribution >= 0.6 is 0 Å². The second-order valence-corrected chi connectivity index (χ2v) is 5.06. The van der Waals surface area contributed by atoms with E-state index in [2.05, 4.69) is 25.1 Å². The Hall–Kier alpha value is -2.54. The van der Waals surface area contributed by atoms with Crippen LogP contribution in [-0.2, 0) is 19.6 Å². The van der Waals surface area contributed by atoms with Gasteiger partial charge < -0.3 is 4.52 Å². The molecule has 7 nitrogen and oxygen atoms in total. The minimum Gasteiger partial charge on any atom is -0.359 e. The number of pyridine rings is 1. The second-order valence-electron chi connectivity index (χ2n) is 5.06. The molecule has 0 aliphatic carbocycles. The van der Waals surface area contributed by atoms with Crippen molar-refractivity contribution in [3.05, 3.63) is 48.4 Å². The van der Waals surface area contributed by atoms with Crippen LogP contribution in [0, 0.1) is 0 Å². The summed E-state index contributed by atoms with van der Waals surface area (Å²) in [6.45, 7) is 4.22. The van der Waals surface area contributed by atoms with Gasteiger partial charge in [0.15, 0.2) is 5.76 Å². The van der Waals surface area contributed by atoms with E-state index in [-0.39, 0.29) is 0 Å². The van der Waals surface area contributed by atoms with Crippen molar-refractivity contribution in [2.75, 3.05) is 7.05 Å². The molecular formula is C15H18N6O. The molecule has 0 radical (unpaired) electrons. The predicted octanol–water partition coefficient (Wildman–Crippen LogP) is 1.98. The fourth-order valence-electron chi connectivity index (χ4n) is 2.26.